The van der Waals surface area contributed by atoms with Gasteiger partial charge in [0.15, 0.2) is 5.71 Å². The summed E-state index contributed by atoms with van der Waals surface area (Å²) in [5.74, 6) is -1.11. The van der Waals surface area contributed by atoms with Gasteiger partial charge in [0.05, 0.1) is 22.1 Å². The number of hydrogen-bond donors (Lipinski definition) is 0. The summed E-state index contributed by atoms with van der Waals surface area (Å²) in [6, 6.07) is 5.48. The summed E-state index contributed by atoms with van der Waals surface area (Å²) >= 11 is 5.83. The monoisotopic (exact) mass is 494 g/mol. The number of carbonyl (C=O) groups is 1. The molecule has 32 heavy (non-hydrogen) atoms. The molecule has 0 fully saturated rings. The van der Waals surface area contributed by atoms with Gasteiger partial charge in [-0.15, -0.1) is 0 Å². The zero-order valence-electron chi connectivity index (χ0n) is 16.4. The molecule has 2 aromatic carbocycles. The number of benzene rings is 2. The molecule has 172 valence electrons. The van der Waals surface area contributed by atoms with E-state index < -0.39 is 41.7 Å². The van der Waals surface area contributed by atoms with E-state index >= 15 is 0 Å². The number of nitro benzene ring substituents is 1. The van der Waals surface area contributed by atoms with Crippen molar-refractivity contribution in [2.75, 3.05) is 6.61 Å². The lowest BCUT2D eigenvalue weighted by molar-refractivity contribution is -0.383. The van der Waals surface area contributed by atoms with Crippen LogP contribution in [0, 0.1) is 10.1 Å². The van der Waals surface area contributed by atoms with Crippen LogP contribution in [0.2, 0.25) is 5.02 Å². The minimum atomic E-state index is -4.61. The van der Waals surface area contributed by atoms with Crippen molar-refractivity contribution in [3.63, 3.8) is 0 Å². The molecule has 14 heteroatoms. The second kappa shape index (κ2) is 10.5. The SMILES string of the molecule is CCOC(=O)C(C)=NO[PH](=O)c1cc(Oc2ccc(C(F)(F)F)cc2Cl)ccc1[N+](=O)[O-]. The Labute approximate surface area is 184 Å². The largest absolute Gasteiger partial charge is 0.461 e. The molecule has 0 saturated carbocycles. The second-order valence-corrected chi connectivity index (χ2v) is 7.66. The molecule has 2 aromatic rings. The zero-order chi connectivity index (χ0) is 24.1. The second-order valence-electron chi connectivity index (χ2n) is 5.96. The Morgan fingerprint density at radius 2 is 1.94 bits per heavy atom. The average Bonchev–Trinajstić information content (AvgIpc) is 2.72. The molecule has 1 unspecified atom stereocenters. The van der Waals surface area contributed by atoms with Gasteiger partial charge in [0.25, 0.3) is 13.7 Å². The third kappa shape index (κ3) is 6.44. The van der Waals surface area contributed by atoms with E-state index in [2.05, 4.69) is 9.89 Å². The van der Waals surface area contributed by atoms with Gasteiger partial charge >= 0.3 is 12.1 Å². The van der Waals surface area contributed by atoms with Crippen molar-refractivity contribution in [2.24, 2.45) is 5.16 Å². The maximum Gasteiger partial charge on any atom is 0.416 e. The summed E-state index contributed by atoms with van der Waals surface area (Å²) in [5, 5.41) is 13.9. The molecule has 0 aliphatic heterocycles. The van der Waals surface area contributed by atoms with Crippen LogP contribution in [0.4, 0.5) is 18.9 Å². The number of nitrogens with zero attached hydrogens (tertiary/aromatic N) is 2. The molecule has 0 spiro atoms. The summed E-state index contributed by atoms with van der Waals surface area (Å²) < 4.78 is 65.6. The van der Waals surface area contributed by atoms with Crippen LogP contribution in [0.15, 0.2) is 41.6 Å². The summed E-state index contributed by atoms with van der Waals surface area (Å²) in [4.78, 5) is 21.9. The predicted octanol–water partition coefficient (Wildman–Crippen LogP) is 5.11. The molecule has 0 bridgehead atoms. The molecular weight excluding hydrogens is 480 g/mol. The summed E-state index contributed by atoms with van der Waals surface area (Å²) in [5.41, 5.74) is -1.84. The summed E-state index contributed by atoms with van der Waals surface area (Å²) in [6.45, 7) is 2.86. The Kier molecular flexibility index (Phi) is 8.23. The molecule has 0 aromatic heterocycles. The molecule has 0 N–H and O–H groups in total. The minimum absolute atomic E-state index is 0.0677. The van der Waals surface area contributed by atoms with Crippen LogP contribution < -0.4 is 10.0 Å². The summed E-state index contributed by atoms with van der Waals surface area (Å²) in [7, 11) is -3.38. The van der Waals surface area contributed by atoms with Crippen molar-refractivity contribution in [3.8, 4) is 11.5 Å². The molecule has 2 rings (SSSR count). The van der Waals surface area contributed by atoms with Gasteiger partial charge in [0.1, 0.15) is 16.8 Å². The number of rotatable bonds is 8. The van der Waals surface area contributed by atoms with Crippen molar-refractivity contribution in [1.82, 2.24) is 0 Å². The van der Waals surface area contributed by atoms with E-state index in [1.165, 1.54) is 6.92 Å². The van der Waals surface area contributed by atoms with Gasteiger partial charge in [-0.2, -0.15) is 13.2 Å². The molecule has 0 amide bonds. The van der Waals surface area contributed by atoms with Crippen molar-refractivity contribution < 1.29 is 41.6 Å². The van der Waals surface area contributed by atoms with E-state index in [-0.39, 0.29) is 28.8 Å². The highest BCUT2D eigenvalue weighted by atomic mass is 35.5. The standard InChI is InChI=1S/C18H15ClF3N2O7P/c1-3-29-17(25)10(2)23-31-32(28)16-9-12(5-6-14(16)24(26)27)30-15-7-4-11(8-13(15)19)18(20,21)22/h4-9,32H,3H2,1-2H3. The smallest absolute Gasteiger partial charge is 0.416 e. The van der Waals surface area contributed by atoms with Gasteiger partial charge in [0.2, 0.25) is 0 Å². The molecule has 0 aliphatic carbocycles. The Balaban J connectivity index is 2.32. The van der Waals surface area contributed by atoms with Crippen LogP contribution in [0.1, 0.15) is 19.4 Å². The van der Waals surface area contributed by atoms with Crippen LogP contribution in [-0.2, 0) is 24.9 Å². The first-order valence-corrected chi connectivity index (χ1v) is 10.4. The van der Waals surface area contributed by atoms with E-state index in [1.807, 2.05) is 0 Å². The lowest BCUT2D eigenvalue weighted by Gasteiger charge is -2.12. The zero-order valence-corrected chi connectivity index (χ0v) is 18.2. The molecule has 9 nitrogen and oxygen atoms in total. The minimum Gasteiger partial charge on any atom is -0.461 e. The molecule has 0 aliphatic rings. The third-order valence-electron chi connectivity index (χ3n) is 3.71. The Morgan fingerprint density at radius 1 is 1.25 bits per heavy atom. The number of alkyl halides is 3. The fourth-order valence-electron chi connectivity index (χ4n) is 2.22. The van der Waals surface area contributed by atoms with E-state index in [9.17, 15) is 32.6 Å². The van der Waals surface area contributed by atoms with Crippen LogP contribution in [0.5, 0.6) is 11.5 Å². The Morgan fingerprint density at radius 3 is 2.50 bits per heavy atom. The number of nitro groups is 1. The van der Waals surface area contributed by atoms with E-state index in [0.29, 0.717) is 6.07 Å². The maximum absolute atomic E-state index is 12.8. The van der Waals surface area contributed by atoms with E-state index in [1.54, 1.807) is 6.92 Å². The first-order valence-electron chi connectivity index (χ1n) is 8.70. The highest BCUT2D eigenvalue weighted by Crippen LogP contribution is 2.37. The van der Waals surface area contributed by atoms with Crippen molar-refractivity contribution in [2.45, 2.75) is 20.0 Å². The van der Waals surface area contributed by atoms with Crippen molar-refractivity contribution >= 4 is 42.3 Å². The lowest BCUT2D eigenvalue weighted by atomic mass is 10.2. The summed E-state index contributed by atoms with van der Waals surface area (Å²) in [6.07, 6.45) is -4.61. The van der Waals surface area contributed by atoms with Gasteiger partial charge in [-0.1, -0.05) is 16.8 Å². The third-order valence-corrected chi connectivity index (χ3v) is 5.10. The Hall–Kier alpha value is -3.11. The lowest BCUT2D eigenvalue weighted by Crippen LogP contribution is -2.14. The topological polar surface area (TPSA) is 117 Å². The molecule has 0 heterocycles. The number of esters is 1. The van der Waals surface area contributed by atoms with Crippen LogP contribution in [-0.4, -0.2) is 23.2 Å². The van der Waals surface area contributed by atoms with Gasteiger partial charge in [-0.05, 0) is 38.1 Å². The normalized spacial score (nSPS) is 12.8. The maximum atomic E-state index is 12.8. The predicted molar refractivity (Wildman–Crippen MR) is 109 cm³/mol. The highest BCUT2D eigenvalue weighted by Gasteiger charge is 2.31. The van der Waals surface area contributed by atoms with Crippen LogP contribution in [0.3, 0.4) is 0 Å². The number of carbonyl (C=O) groups excluding carboxylic acids is 1. The fraction of sp³-hybridized carbons (Fsp3) is 0.222. The molecule has 0 radical (unpaired) electrons. The van der Waals surface area contributed by atoms with Gasteiger partial charge in [0, 0.05) is 12.1 Å². The van der Waals surface area contributed by atoms with Crippen LogP contribution >= 0.6 is 19.6 Å². The molecule has 0 saturated heterocycles. The van der Waals surface area contributed by atoms with Crippen LogP contribution in [0.25, 0.3) is 0 Å². The van der Waals surface area contributed by atoms with Gasteiger partial charge in [-0.25, -0.2) is 4.79 Å². The fourth-order valence-corrected chi connectivity index (χ4v) is 3.40. The van der Waals surface area contributed by atoms with E-state index in [0.717, 1.165) is 30.3 Å². The number of ether oxygens (including phenoxy) is 2. The van der Waals surface area contributed by atoms with Gasteiger partial charge in [-0.3, -0.25) is 14.7 Å². The number of oxime groups is 1. The van der Waals surface area contributed by atoms with Crippen molar-refractivity contribution in [1.29, 1.82) is 0 Å². The first-order chi connectivity index (χ1) is 14.9. The first kappa shape index (κ1) is 25.2. The molecule has 1 atom stereocenters. The van der Waals surface area contributed by atoms with Crippen molar-refractivity contribution in [3.05, 3.63) is 57.1 Å². The highest BCUT2D eigenvalue weighted by molar-refractivity contribution is 7.48. The number of hydrogen-bond acceptors (Lipinski definition) is 8. The average molecular weight is 495 g/mol. The van der Waals surface area contributed by atoms with Gasteiger partial charge < -0.3 is 14.1 Å². The quantitative estimate of drug-likeness (QED) is 0.164. The van der Waals surface area contributed by atoms with E-state index in [4.69, 9.17) is 21.0 Å². The Bertz CT molecular complexity index is 1090. The number of halogens is 4. The molecular formula is C18H15ClF3N2O7P.